The first-order valence-corrected chi connectivity index (χ1v) is 10.6. The van der Waals surface area contributed by atoms with Gasteiger partial charge in [-0.2, -0.15) is 0 Å². The van der Waals surface area contributed by atoms with E-state index in [-0.39, 0.29) is 26.4 Å². The molecule has 2 aromatic carbocycles. The Hall–Kier alpha value is -2.13. The highest BCUT2D eigenvalue weighted by Crippen LogP contribution is 2.38. The second-order valence-electron chi connectivity index (χ2n) is 6.00. The highest BCUT2D eigenvalue weighted by molar-refractivity contribution is 9.10. The SMILES string of the molecule is CCOc1cc(/C=C2\C(=O)NC(=S)N(c3cccc(Cl)c3Cl)C2=O)cc(Br)c1OC. The van der Waals surface area contributed by atoms with Gasteiger partial charge < -0.3 is 9.47 Å². The normalized spacial score (nSPS) is 15.4. The average molecular weight is 530 g/mol. The summed E-state index contributed by atoms with van der Waals surface area (Å²) < 4.78 is 11.5. The van der Waals surface area contributed by atoms with Gasteiger partial charge in [-0.1, -0.05) is 29.3 Å². The molecule has 0 saturated carbocycles. The van der Waals surface area contributed by atoms with Crippen molar-refractivity contribution in [2.75, 3.05) is 18.6 Å². The molecule has 6 nitrogen and oxygen atoms in total. The van der Waals surface area contributed by atoms with E-state index < -0.39 is 11.8 Å². The molecule has 0 atom stereocenters. The lowest BCUT2D eigenvalue weighted by molar-refractivity contribution is -0.122. The molecule has 0 bridgehead atoms. The number of nitrogens with one attached hydrogen (secondary N) is 1. The Labute approximate surface area is 196 Å². The minimum absolute atomic E-state index is 0.0859. The minimum atomic E-state index is -0.627. The van der Waals surface area contributed by atoms with E-state index in [4.69, 9.17) is 44.9 Å². The molecule has 0 radical (unpaired) electrons. The molecular weight excluding hydrogens is 515 g/mol. The quantitative estimate of drug-likeness (QED) is 0.335. The monoisotopic (exact) mass is 528 g/mol. The molecule has 2 aromatic rings. The molecule has 156 valence electrons. The molecule has 1 fully saturated rings. The second kappa shape index (κ2) is 9.34. The lowest BCUT2D eigenvalue weighted by Crippen LogP contribution is -2.54. The van der Waals surface area contributed by atoms with E-state index in [2.05, 4.69) is 21.2 Å². The van der Waals surface area contributed by atoms with Gasteiger partial charge in [0.1, 0.15) is 5.57 Å². The molecule has 0 unspecified atom stereocenters. The van der Waals surface area contributed by atoms with Crippen molar-refractivity contribution in [1.82, 2.24) is 5.32 Å². The number of anilines is 1. The largest absolute Gasteiger partial charge is 0.492 e. The summed E-state index contributed by atoms with van der Waals surface area (Å²) >= 11 is 20.9. The fraction of sp³-hybridized carbons (Fsp3) is 0.150. The van der Waals surface area contributed by atoms with Crippen molar-refractivity contribution in [1.29, 1.82) is 0 Å². The number of amides is 2. The highest BCUT2D eigenvalue weighted by Gasteiger charge is 2.35. The second-order valence-corrected chi connectivity index (χ2v) is 8.02. The number of thiocarbonyl (C=S) groups is 1. The summed E-state index contributed by atoms with van der Waals surface area (Å²) in [5.74, 6) is -0.274. The van der Waals surface area contributed by atoms with Crippen LogP contribution >= 0.6 is 51.3 Å². The Balaban J connectivity index is 2.08. The van der Waals surface area contributed by atoms with Crippen molar-refractivity contribution in [3.8, 4) is 11.5 Å². The van der Waals surface area contributed by atoms with Gasteiger partial charge >= 0.3 is 0 Å². The van der Waals surface area contributed by atoms with Gasteiger partial charge in [0.25, 0.3) is 11.8 Å². The van der Waals surface area contributed by atoms with Gasteiger partial charge in [0.2, 0.25) is 0 Å². The topological polar surface area (TPSA) is 67.9 Å². The van der Waals surface area contributed by atoms with Crippen LogP contribution < -0.4 is 19.7 Å². The average Bonchev–Trinajstić information content (AvgIpc) is 2.68. The third-order valence-corrected chi connectivity index (χ3v) is 5.80. The van der Waals surface area contributed by atoms with Crippen molar-refractivity contribution < 1.29 is 19.1 Å². The first-order chi connectivity index (χ1) is 14.3. The van der Waals surface area contributed by atoms with E-state index in [9.17, 15) is 9.59 Å². The molecule has 1 aliphatic heterocycles. The zero-order chi connectivity index (χ0) is 22.0. The number of rotatable bonds is 5. The number of carbonyl (C=O) groups excluding carboxylic acids is 2. The standard InChI is InChI=1S/C20H15BrCl2N2O4S/c1-3-29-15-9-10(8-12(21)17(15)28-2)7-11-18(26)24-20(30)25(19(11)27)14-6-4-5-13(22)16(14)23/h4-9H,3H2,1-2H3,(H,24,26,30)/b11-7+. The van der Waals surface area contributed by atoms with Gasteiger partial charge in [-0.15, -0.1) is 0 Å². The number of hydrogen-bond donors (Lipinski definition) is 1. The number of carbonyl (C=O) groups is 2. The Kier molecular flexibility index (Phi) is 7.02. The van der Waals surface area contributed by atoms with Crippen LogP contribution in [0.2, 0.25) is 10.0 Å². The van der Waals surface area contributed by atoms with Gasteiger partial charge in [-0.25, -0.2) is 0 Å². The summed E-state index contributed by atoms with van der Waals surface area (Å²) in [4.78, 5) is 26.8. The molecule has 0 aromatic heterocycles. The van der Waals surface area contributed by atoms with Gasteiger partial charge in [-0.3, -0.25) is 19.8 Å². The van der Waals surface area contributed by atoms with Crippen LogP contribution in [-0.2, 0) is 9.59 Å². The molecular formula is C20H15BrCl2N2O4S. The molecule has 10 heteroatoms. The number of nitrogens with zero attached hydrogens (tertiary/aromatic N) is 1. The van der Waals surface area contributed by atoms with Crippen LogP contribution in [0.25, 0.3) is 6.08 Å². The van der Waals surface area contributed by atoms with E-state index in [1.165, 1.54) is 13.2 Å². The maximum Gasteiger partial charge on any atom is 0.270 e. The Bertz CT molecular complexity index is 1090. The summed E-state index contributed by atoms with van der Waals surface area (Å²) in [6.07, 6.45) is 1.44. The first-order valence-electron chi connectivity index (χ1n) is 8.64. The summed E-state index contributed by atoms with van der Waals surface area (Å²) in [7, 11) is 1.52. The molecule has 1 saturated heterocycles. The van der Waals surface area contributed by atoms with E-state index in [1.807, 2.05) is 6.92 Å². The van der Waals surface area contributed by atoms with Crippen molar-refractivity contribution in [2.45, 2.75) is 6.92 Å². The van der Waals surface area contributed by atoms with Gasteiger partial charge in [0.05, 0.1) is 33.9 Å². The maximum absolute atomic E-state index is 13.2. The van der Waals surface area contributed by atoms with Gasteiger partial charge in [-0.05, 0) is 71.0 Å². The van der Waals surface area contributed by atoms with Crippen LogP contribution in [0.15, 0.2) is 40.4 Å². The van der Waals surface area contributed by atoms with Crippen molar-refractivity contribution in [2.24, 2.45) is 0 Å². The molecule has 0 aliphatic carbocycles. The predicted molar refractivity (Wildman–Crippen MR) is 125 cm³/mol. The molecule has 3 rings (SSSR count). The first kappa shape index (κ1) is 22.6. The van der Waals surface area contributed by atoms with Gasteiger partial charge in [0.15, 0.2) is 16.6 Å². The van der Waals surface area contributed by atoms with Crippen LogP contribution in [0.1, 0.15) is 12.5 Å². The number of benzene rings is 2. The van der Waals surface area contributed by atoms with Crippen LogP contribution in [0.4, 0.5) is 5.69 Å². The summed E-state index contributed by atoms with van der Waals surface area (Å²) in [5, 5.41) is 2.83. The predicted octanol–water partition coefficient (Wildman–Crippen LogP) is 4.99. The zero-order valence-corrected chi connectivity index (χ0v) is 19.7. The van der Waals surface area contributed by atoms with Crippen LogP contribution in [0.3, 0.4) is 0 Å². The summed E-state index contributed by atoms with van der Waals surface area (Å²) in [6.45, 7) is 2.25. The van der Waals surface area contributed by atoms with Crippen molar-refractivity contribution in [3.05, 3.63) is 56.0 Å². The van der Waals surface area contributed by atoms with Crippen LogP contribution in [-0.4, -0.2) is 30.6 Å². The summed E-state index contributed by atoms with van der Waals surface area (Å²) in [5.41, 5.74) is 0.699. The third-order valence-electron chi connectivity index (χ3n) is 4.12. The number of methoxy groups -OCH3 is 1. The zero-order valence-electron chi connectivity index (χ0n) is 15.8. The fourth-order valence-corrected chi connectivity index (χ4v) is 4.12. The third kappa shape index (κ3) is 4.32. The van der Waals surface area contributed by atoms with E-state index in [0.717, 1.165) is 4.90 Å². The Morgan fingerprint density at radius 2 is 2.00 bits per heavy atom. The lowest BCUT2D eigenvalue weighted by Gasteiger charge is -2.29. The highest BCUT2D eigenvalue weighted by atomic mass is 79.9. The molecule has 1 aliphatic rings. The smallest absolute Gasteiger partial charge is 0.270 e. The van der Waals surface area contributed by atoms with Crippen molar-refractivity contribution >= 4 is 80.0 Å². The number of hydrogen-bond acceptors (Lipinski definition) is 5. The fourth-order valence-electron chi connectivity index (χ4n) is 2.84. The van der Waals surface area contributed by atoms with Crippen LogP contribution in [0.5, 0.6) is 11.5 Å². The van der Waals surface area contributed by atoms with Crippen LogP contribution in [0, 0.1) is 0 Å². The van der Waals surface area contributed by atoms with Gasteiger partial charge in [0, 0.05) is 0 Å². The minimum Gasteiger partial charge on any atom is -0.492 e. The van der Waals surface area contributed by atoms with E-state index in [0.29, 0.717) is 28.1 Å². The molecule has 2 amide bonds. The van der Waals surface area contributed by atoms with Crippen molar-refractivity contribution in [3.63, 3.8) is 0 Å². The number of halogens is 3. The number of ether oxygens (including phenoxy) is 2. The molecule has 1 N–H and O–H groups in total. The van der Waals surface area contributed by atoms with E-state index in [1.54, 1.807) is 30.3 Å². The maximum atomic E-state index is 13.2. The van der Waals surface area contributed by atoms with E-state index >= 15 is 0 Å². The summed E-state index contributed by atoms with van der Waals surface area (Å²) in [6, 6.07) is 8.19. The Morgan fingerprint density at radius 3 is 2.67 bits per heavy atom. The Morgan fingerprint density at radius 1 is 1.27 bits per heavy atom. The molecule has 1 heterocycles. The molecule has 30 heavy (non-hydrogen) atoms. The lowest BCUT2D eigenvalue weighted by atomic mass is 10.1. The molecule has 0 spiro atoms.